The SMILES string of the molecule is CC(CN)CCCNC(=O)Cc1cccc(F)c1F. The third-order valence-electron chi connectivity index (χ3n) is 2.98. The van der Waals surface area contributed by atoms with Gasteiger partial charge in [-0.25, -0.2) is 8.78 Å². The van der Waals surface area contributed by atoms with Crippen LogP contribution in [-0.2, 0) is 11.2 Å². The lowest BCUT2D eigenvalue weighted by molar-refractivity contribution is -0.120. The van der Waals surface area contributed by atoms with E-state index in [9.17, 15) is 13.6 Å². The molecule has 3 nitrogen and oxygen atoms in total. The van der Waals surface area contributed by atoms with Crippen LogP contribution < -0.4 is 11.1 Å². The topological polar surface area (TPSA) is 55.1 Å². The Balaban J connectivity index is 2.33. The third kappa shape index (κ3) is 5.34. The van der Waals surface area contributed by atoms with Crippen molar-refractivity contribution in [2.45, 2.75) is 26.2 Å². The lowest BCUT2D eigenvalue weighted by Gasteiger charge is -2.09. The summed E-state index contributed by atoms with van der Waals surface area (Å²) in [6.45, 7) is 3.20. The maximum atomic E-state index is 13.3. The second-order valence-corrected chi connectivity index (χ2v) is 4.72. The molecule has 0 saturated carbocycles. The molecule has 0 aromatic heterocycles. The van der Waals surface area contributed by atoms with Gasteiger partial charge in [0.2, 0.25) is 5.91 Å². The molecule has 0 heterocycles. The molecule has 0 aliphatic heterocycles. The summed E-state index contributed by atoms with van der Waals surface area (Å²) in [6.07, 6.45) is 1.62. The molecule has 0 fully saturated rings. The van der Waals surface area contributed by atoms with Crippen molar-refractivity contribution in [3.05, 3.63) is 35.4 Å². The summed E-state index contributed by atoms with van der Waals surface area (Å²) in [5, 5.41) is 2.69. The van der Waals surface area contributed by atoms with Gasteiger partial charge in [0.05, 0.1) is 6.42 Å². The molecular formula is C14H20F2N2O. The molecular weight excluding hydrogens is 250 g/mol. The van der Waals surface area contributed by atoms with Gasteiger partial charge in [-0.15, -0.1) is 0 Å². The van der Waals surface area contributed by atoms with E-state index >= 15 is 0 Å². The third-order valence-corrected chi connectivity index (χ3v) is 2.98. The normalized spacial score (nSPS) is 12.2. The molecule has 0 bridgehead atoms. The number of amides is 1. The lowest BCUT2D eigenvalue weighted by Crippen LogP contribution is -2.27. The highest BCUT2D eigenvalue weighted by molar-refractivity contribution is 5.78. The Morgan fingerprint density at radius 1 is 1.42 bits per heavy atom. The smallest absolute Gasteiger partial charge is 0.224 e. The predicted octanol–water partition coefficient (Wildman–Crippen LogP) is 2.00. The van der Waals surface area contributed by atoms with E-state index in [1.807, 2.05) is 6.92 Å². The zero-order valence-electron chi connectivity index (χ0n) is 11.1. The molecule has 19 heavy (non-hydrogen) atoms. The van der Waals surface area contributed by atoms with Crippen molar-refractivity contribution in [2.75, 3.05) is 13.1 Å². The Labute approximate surface area is 112 Å². The zero-order chi connectivity index (χ0) is 14.3. The van der Waals surface area contributed by atoms with Gasteiger partial charge >= 0.3 is 0 Å². The molecule has 1 unspecified atom stereocenters. The zero-order valence-corrected chi connectivity index (χ0v) is 11.1. The van der Waals surface area contributed by atoms with Crippen LogP contribution in [0.1, 0.15) is 25.3 Å². The lowest BCUT2D eigenvalue weighted by atomic mass is 10.1. The number of nitrogens with one attached hydrogen (secondary N) is 1. The highest BCUT2D eigenvalue weighted by Crippen LogP contribution is 2.11. The largest absolute Gasteiger partial charge is 0.356 e. The Morgan fingerprint density at radius 3 is 2.84 bits per heavy atom. The minimum Gasteiger partial charge on any atom is -0.356 e. The van der Waals surface area contributed by atoms with Gasteiger partial charge < -0.3 is 11.1 Å². The number of carbonyl (C=O) groups is 1. The van der Waals surface area contributed by atoms with Crippen molar-refractivity contribution in [3.63, 3.8) is 0 Å². The summed E-state index contributed by atoms with van der Waals surface area (Å²) in [5.74, 6) is -1.75. The molecule has 1 atom stereocenters. The highest BCUT2D eigenvalue weighted by Gasteiger charge is 2.11. The first-order valence-corrected chi connectivity index (χ1v) is 6.44. The van der Waals surface area contributed by atoms with Crippen molar-refractivity contribution in [3.8, 4) is 0 Å². The minimum atomic E-state index is -0.950. The van der Waals surface area contributed by atoms with Gasteiger partial charge in [-0.1, -0.05) is 19.1 Å². The van der Waals surface area contributed by atoms with Crippen LogP contribution in [0, 0.1) is 17.6 Å². The van der Waals surface area contributed by atoms with Gasteiger partial charge in [0.25, 0.3) is 0 Å². The average molecular weight is 270 g/mol. The average Bonchev–Trinajstić information content (AvgIpc) is 2.39. The number of rotatable bonds is 7. The van der Waals surface area contributed by atoms with Crippen LogP contribution in [0.3, 0.4) is 0 Å². The minimum absolute atomic E-state index is 0.0767. The Bertz CT molecular complexity index is 424. The van der Waals surface area contributed by atoms with E-state index in [0.29, 0.717) is 19.0 Å². The van der Waals surface area contributed by atoms with Crippen molar-refractivity contribution in [1.29, 1.82) is 0 Å². The van der Waals surface area contributed by atoms with E-state index in [-0.39, 0.29) is 17.9 Å². The molecule has 1 aromatic carbocycles. The molecule has 0 saturated heterocycles. The molecule has 0 aliphatic carbocycles. The van der Waals surface area contributed by atoms with Crippen LogP contribution >= 0.6 is 0 Å². The van der Waals surface area contributed by atoms with E-state index in [1.165, 1.54) is 12.1 Å². The number of benzene rings is 1. The first kappa shape index (κ1) is 15.6. The Kier molecular flexibility index (Phi) is 6.42. The molecule has 0 radical (unpaired) electrons. The summed E-state index contributed by atoms with van der Waals surface area (Å²) in [7, 11) is 0. The van der Waals surface area contributed by atoms with Gasteiger partial charge in [-0.2, -0.15) is 0 Å². The summed E-state index contributed by atoms with van der Waals surface area (Å²) >= 11 is 0. The maximum Gasteiger partial charge on any atom is 0.224 e. The second-order valence-electron chi connectivity index (χ2n) is 4.72. The summed E-state index contributed by atoms with van der Waals surface area (Å²) < 4.78 is 26.3. The first-order valence-electron chi connectivity index (χ1n) is 6.44. The van der Waals surface area contributed by atoms with Crippen LogP contribution in [-0.4, -0.2) is 19.0 Å². The first-order chi connectivity index (χ1) is 9.04. The van der Waals surface area contributed by atoms with Crippen LogP contribution in [0.5, 0.6) is 0 Å². The monoisotopic (exact) mass is 270 g/mol. The number of carbonyl (C=O) groups excluding carboxylic acids is 1. The van der Waals surface area contributed by atoms with E-state index in [4.69, 9.17) is 5.73 Å². The van der Waals surface area contributed by atoms with Gasteiger partial charge in [0.15, 0.2) is 11.6 Å². The molecule has 1 rings (SSSR count). The molecule has 106 valence electrons. The summed E-state index contributed by atoms with van der Waals surface area (Å²) in [6, 6.07) is 3.84. The van der Waals surface area contributed by atoms with Crippen molar-refractivity contribution in [2.24, 2.45) is 11.7 Å². The van der Waals surface area contributed by atoms with Gasteiger partial charge in [-0.3, -0.25) is 4.79 Å². The number of halogens is 2. The highest BCUT2D eigenvalue weighted by atomic mass is 19.2. The summed E-state index contributed by atoms with van der Waals surface area (Å²) in [4.78, 5) is 11.6. The fourth-order valence-corrected chi connectivity index (χ4v) is 1.72. The standard InChI is InChI=1S/C14H20F2N2O/c1-10(9-17)4-3-7-18-13(19)8-11-5-2-6-12(15)14(11)16/h2,5-6,10H,3-4,7-9,17H2,1H3,(H,18,19). The molecule has 0 spiro atoms. The van der Waals surface area contributed by atoms with Gasteiger partial charge in [0.1, 0.15) is 0 Å². The number of nitrogens with two attached hydrogens (primary N) is 1. The number of hydrogen-bond acceptors (Lipinski definition) is 2. The van der Waals surface area contributed by atoms with Gasteiger partial charge in [0, 0.05) is 12.1 Å². The molecule has 0 aliphatic rings. The summed E-state index contributed by atoms with van der Waals surface area (Å²) in [5.41, 5.74) is 5.56. The van der Waals surface area contributed by atoms with E-state index in [1.54, 1.807) is 0 Å². The predicted molar refractivity (Wildman–Crippen MR) is 70.5 cm³/mol. The quantitative estimate of drug-likeness (QED) is 0.745. The fourth-order valence-electron chi connectivity index (χ4n) is 1.72. The fraction of sp³-hybridized carbons (Fsp3) is 0.500. The van der Waals surface area contributed by atoms with E-state index in [2.05, 4.69) is 5.32 Å². The Morgan fingerprint density at radius 2 is 2.16 bits per heavy atom. The van der Waals surface area contributed by atoms with Crippen molar-refractivity contribution < 1.29 is 13.6 Å². The van der Waals surface area contributed by atoms with Crippen molar-refractivity contribution >= 4 is 5.91 Å². The maximum absolute atomic E-state index is 13.3. The van der Waals surface area contributed by atoms with Crippen LogP contribution in [0.25, 0.3) is 0 Å². The second kappa shape index (κ2) is 7.84. The van der Waals surface area contributed by atoms with Crippen LogP contribution in [0.2, 0.25) is 0 Å². The van der Waals surface area contributed by atoms with Crippen LogP contribution in [0.4, 0.5) is 8.78 Å². The van der Waals surface area contributed by atoms with Crippen molar-refractivity contribution in [1.82, 2.24) is 5.32 Å². The van der Waals surface area contributed by atoms with E-state index in [0.717, 1.165) is 18.9 Å². The molecule has 3 N–H and O–H groups in total. The van der Waals surface area contributed by atoms with Gasteiger partial charge in [-0.05, 0) is 31.4 Å². The van der Waals surface area contributed by atoms with E-state index < -0.39 is 11.6 Å². The Hall–Kier alpha value is -1.49. The molecule has 1 amide bonds. The molecule has 5 heteroatoms. The van der Waals surface area contributed by atoms with Crippen LogP contribution in [0.15, 0.2) is 18.2 Å². The molecule has 1 aromatic rings. The number of hydrogen-bond donors (Lipinski definition) is 2.